The molecule has 3 nitrogen and oxygen atoms in total. The van der Waals surface area contributed by atoms with Gasteiger partial charge in [0.15, 0.2) is 0 Å². The van der Waals surface area contributed by atoms with Crippen LogP contribution in [-0.4, -0.2) is 62.2 Å². The highest BCUT2D eigenvalue weighted by atomic mass is 15.3. The number of rotatable bonds is 4. The van der Waals surface area contributed by atoms with Gasteiger partial charge in [-0.2, -0.15) is 0 Å². The van der Waals surface area contributed by atoms with Crippen molar-refractivity contribution in [3.63, 3.8) is 0 Å². The fourth-order valence-electron chi connectivity index (χ4n) is 3.31. The molecule has 94 valence electrons. The summed E-state index contributed by atoms with van der Waals surface area (Å²) in [5.74, 6) is 0. The summed E-state index contributed by atoms with van der Waals surface area (Å²) >= 11 is 0. The first-order valence-electron chi connectivity index (χ1n) is 6.90. The molecular formula is C13H27N3. The molecule has 2 unspecified atom stereocenters. The highest BCUT2D eigenvalue weighted by molar-refractivity contribution is 4.88. The van der Waals surface area contributed by atoms with Crippen LogP contribution in [0.2, 0.25) is 0 Å². The van der Waals surface area contributed by atoms with E-state index in [1.165, 1.54) is 58.3 Å². The molecule has 2 saturated heterocycles. The van der Waals surface area contributed by atoms with Gasteiger partial charge in [-0.1, -0.05) is 6.42 Å². The summed E-state index contributed by atoms with van der Waals surface area (Å²) in [6, 6.07) is 1.69. The van der Waals surface area contributed by atoms with Crippen LogP contribution in [0, 0.1) is 0 Å². The van der Waals surface area contributed by atoms with E-state index in [1.807, 2.05) is 0 Å². The Bertz CT molecular complexity index is 207. The number of piperidine rings is 1. The zero-order valence-corrected chi connectivity index (χ0v) is 10.9. The van der Waals surface area contributed by atoms with Gasteiger partial charge in [-0.3, -0.25) is 4.90 Å². The standard InChI is InChI=1S/C13H27N3/c1-14-8-6-12-5-3-4-9-16(12)13-7-10-15(2)11-13/h12-14H,3-11H2,1-2H3. The van der Waals surface area contributed by atoms with Crippen molar-refractivity contribution < 1.29 is 0 Å². The lowest BCUT2D eigenvalue weighted by atomic mass is 9.97. The van der Waals surface area contributed by atoms with Crippen LogP contribution < -0.4 is 5.32 Å². The number of nitrogens with one attached hydrogen (secondary N) is 1. The van der Waals surface area contributed by atoms with E-state index < -0.39 is 0 Å². The van der Waals surface area contributed by atoms with Crippen molar-refractivity contribution in [3.05, 3.63) is 0 Å². The summed E-state index contributed by atoms with van der Waals surface area (Å²) in [4.78, 5) is 5.29. The molecule has 2 aliphatic heterocycles. The van der Waals surface area contributed by atoms with E-state index in [4.69, 9.17) is 0 Å². The molecule has 3 heteroatoms. The van der Waals surface area contributed by atoms with Crippen LogP contribution in [0.5, 0.6) is 0 Å². The van der Waals surface area contributed by atoms with E-state index in [-0.39, 0.29) is 0 Å². The minimum Gasteiger partial charge on any atom is -0.320 e. The third-order valence-electron chi connectivity index (χ3n) is 4.24. The smallest absolute Gasteiger partial charge is 0.0238 e. The van der Waals surface area contributed by atoms with Gasteiger partial charge < -0.3 is 10.2 Å². The van der Waals surface area contributed by atoms with Crippen molar-refractivity contribution in [1.82, 2.24) is 15.1 Å². The normalized spacial score (nSPS) is 33.4. The van der Waals surface area contributed by atoms with Crippen LogP contribution in [-0.2, 0) is 0 Å². The Balaban J connectivity index is 1.88. The van der Waals surface area contributed by atoms with Crippen molar-refractivity contribution in [2.75, 3.05) is 40.3 Å². The lowest BCUT2D eigenvalue weighted by Gasteiger charge is -2.40. The van der Waals surface area contributed by atoms with E-state index in [9.17, 15) is 0 Å². The number of hydrogen-bond donors (Lipinski definition) is 1. The maximum absolute atomic E-state index is 3.30. The highest BCUT2D eigenvalue weighted by Crippen LogP contribution is 2.25. The summed E-state index contributed by atoms with van der Waals surface area (Å²) in [6.07, 6.45) is 6.98. The van der Waals surface area contributed by atoms with Gasteiger partial charge in [0.25, 0.3) is 0 Å². The molecular weight excluding hydrogens is 198 g/mol. The van der Waals surface area contributed by atoms with Crippen LogP contribution in [0.15, 0.2) is 0 Å². The molecule has 0 amide bonds. The molecule has 0 saturated carbocycles. The molecule has 16 heavy (non-hydrogen) atoms. The molecule has 0 aliphatic carbocycles. The molecule has 0 aromatic carbocycles. The first kappa shape index (κ1) is 12.3. The van der Waals surface area contributed by atoms with Crippen LogP contribution in [0.4, 0.5) is 0 Å². The van der Waals surface area contributed by atoms with Gasteiger partial charge in [-0.15, -0.1) is 0 Å². The second-order valence-electron chi connectivity index (χ2n) is 5.48. The predicted octanol–water partition coefficient (Wildman–Crippen LogP) is 1.15. The Morgan fingerprint density at radius 3 is 2.75 bits per heavy atom. The average molecular weight is 225 g/mol. The molecule has 2 heterocycles. The minimum absolute atomic E-state index is 0.840. The first-order valence-corrected chi connectivity index (χ1v) is 6.90. The predicted molar refractivity (Wildman–Crippen MR) is 68.8 cm³/mol. The molecule has 2 atom stereocenters. The van der Waals surface area contributed by atoms with E-state index in [1.54, 1.807) is 0 Å². The van der Waals surface area contributed by atoms with E-state index in [0.717, 1.165) is 12.1 Å². The van der Waals surface area contributed by atoms with Crippen LogP contribution in [0.3, 0.4) is 0 Å². The fraction of sp³-hybridized carbons (Fsp3) is 1.00. The maximum atomic E-state index is 3.30. The zero-order valence-electron chi connectivity index (χ0n) is 10.9. The second kappa shape index (κ2) is 5.99. The van der Waals surface area contributed by atoms with Gasteiger partial charge in [-0.05, 0) is 59.4 Å². The number of nitrogens with zero attached hydrogens (tertiary/aromatic N) is 2. The summed E-state index contributed by atoms with van der Waals surface area (Å²) < 4.78 is 0. The van der Waals surface area contributed by atoms with Crippen molar-refractivity contribution in [2.45, 2.75) is 44.2 Å². The van der Waals surface area contributed by atoms with Gasteiger partial charge in [0.2, 0.25) is 0 Å². The van der Waals surface area contributed by atoms with Gasteiger partial charge in [0, 0.05) is 18.6 Å². The molecule has 2 rings (SSSR count). The average Bonchev–Trinajstić information content (AvgIpc) is 2.73. The van der Waals surface area contributed by atoms with E-state index in [0.29, 0.717) is 0 Å². The topological polar surface area (TPSA) is 18.5 Å². The van der Waals surface area contributed by atoms with Crippen molar-refractivity contribution >= 4 is 0 Å². The maximum Gasteiger partial charge on any atom is 0.0238 e. The highest BCUT2D eigenvalue weighted by Gasteiger charge is 2.31. The molecule has 1 N–H and O–H groups in total. The minimum atomic E-state index is 0.840. The SMILES string of the molecule is CNCCC1CCCCN1C1CCN(C)C1. The molecule has 0 spiro atoms. The Morgan fingerprint density at radius 2 is 2.06 bits per heavy atom. The van der Waals surface area contributed by atoms with Crippen molar-refractivity contribution in [2.24, 2.45) is 0 Å². The largest absolute Gasteiger partial charge is 0.320 e. The second-order valence-corrected chi connectivity index (χ2v) is 5.48. The Labute approximate surface area is 100 Å². The summed E-state index contributed by atoms with van der Waals surface area (Å²) in [7, 11) is 4.32. The monoisotopic (exact) mass is 225 g/mol. The number of likely N-dealkylation sites (tertiary alicyclic amines) is 2. The van der Waals surface area contributed by atoms with Gasteiger partial charge in [-0.25, -0.2) is 0 Å². The Hall–Kier alpha value is -0.120. The molecule has 0 radical (unpaired) electrons. The fourth-order valence-corrected chi connectivity index (χ4v) is 3.31. The van der Waals surface area contributed by atoms with E-state index >= 15 is 0 Å². The molecule has 0 aromatic heterocycles. The number of hydrogen-bond acceptors (Lipinski definition) is 3. The summed E-state index contributed by atoms with van der Waals surface area (Å²) in [6.45, 7) is 5.09. The Kier molecular flexibility index (Phi) is 4.62. The molecule has 0 bridgehead atoms. The lowest BCUT2D eigenvalue weighted by Crippen LogP contribution is -2.48. The summed E-state index contributed by atoms with van der Waals surface area (Å²) in [5, 5.41) is 3.30. The molecule has 0 aromatic rings. The molecule has 2 aliphatic rings. The van der Waals surface area contributed by atoms with Gasteiger partial charge >= 0.3 is 0 Å². The van der Waals surface area contributed by atoms with Crippen LogP contribution >= 0.6 is 0 Å². The van der Waals surface area contributed by atoms with Crippen molar-refractivity contribution in [3.8, 4) is 0 Å². The quantitative estimate of drug-likeness (QED) is 0.774. The van der Waals surface area contributed by atoms with Gasteiger partial charge in [0.05, 0.1) is 0 Å². The first-order chi connectivity index (χ1) is 7.81. The third kappa shape index (κ3) is 2.96. The zero-order chi connectivity index (χ0) is 11.4. The molecule has 2 fully saturated rings. The Morgan fingerprint density at radius 1 is 1.19 bits per heavy atom. The van der Waals surface area contributed by atoms with Crippen LogP contribution in [0.1, 0.15) is 32.1 Å². The van der Waals surface area contributed by atoms with E-state index in [2.05, 4.69) is 29.2 Å². The number of likely N-dealkylation sites (N-methyl/N-ethyl adjacent to an activating group) is 1. The summed E-state index contributed by atoms with van der Waals surface area (Å²) in [5.41, 5.74) is 0. The lowest BCUT2D eigenvalue weighted by molar-refractivity contribution is 0.0929. The van der Waals surface area contributed by atoms with Crippen LogP contribution in [0.25, 0.3) is 0 Å². The van der Waals surface area contributed by atoms with Gasteiger partial charge in [0.1, 0.15) is 0 Å². The third-order valence-corrected chi connectivity index (χ3v) is 4.24. The van der Waals surface area contributed by atoms with Crippen molar-refractivity contribution in [1.29, 1.82) is 0 Å².